The van der Waals surface area contributed by atoms with Crippen molar-refractivity contribution in [3.8, 4) is 11.5 Å². The fourth-order valence-electron chi connectivity index (χ4n) is 4.36. The summed E-state index contributed by atoms with van der Waals surface area (Å²) in [4.78, 5) is 15.5. The molecule has 0 aliphatic carbocycles. The average Bonchev–Trinajstić information content (AvgIpc) is 3.36. The summed E-state index contributed by atoms with van der Waals surface area (Å²) in [5, 5.41) is 11.0. The van der Waals surface area contributed by atoms with Crippen LogP contribution in [0, 0.1) is 5.82 Å². The first-order valence-electron chi connectivity index (χ1n) is 11.9. The number of halogens is 1. The lowest BCUT2D eigenvalue weighted by Crippen LogP contribution is -2.31. The Morgan fingerprint density at radius 2 is 1.97 bits per heavy atom. The highest BCUT2D eigenvalue weighted by molar-refractivity contribution is 7.90. The number of ether oxygens (including phenoxy) is 2. The molecule has 200 valence electrons. The summed E-state index contributed by atoms with van der Waals surface area (Å²) >= 11 is 0. The molecule has 2 aromatic rings. The molecule has 10 nitrogen and oxygen atoms in total. The van der Waals surface area contributed by atoms with Crippen LogP contribution in [0.25, 0.3) is 5.57 Å². The predicted molar refractivity (Wildman–Crippen MR) is 137 cm³/mol. The van der Waals surface area contributed by atoms with Crippen molar-refractivity contribution in [1.82, 2.24) is 14.5 Å². The summed E-state index contributed by atoms with van der Waals surface area (Å²) in [5.74, 6) is -0.118. The Labute approximate surface area is 215 Å². The molecule has 1 atom stereocenters. The highest BCUT2D eigenvalue weighted by Gasteiger charge is 2.30. The number of anilines is 1. The van der Waals surface area contributed by atoms with Crippen LogP contribution in [-0.2, 0) is 16.6 Å². The Morgan fingerprint density at radius 1 is 1.24 bits per heavy atom. The van der Waals surface area contributed by atoms with E-state index in [0.29, 0.717) is 23.4 Å². The van der Waals surface area contributed by atoms with E-state index in [-0.39, 0.29) is 23.4 Å². The number of rotatable bonds is 8. The van der Waals surface area contributed by atoms with E-state index in [0.717, 1.165) is 31.5 Å². The number of likely N-dealkylation sites (tertiary alicyclic amines) is 1. The second-order valence-electron chi connectivity index (χ2n) is 9.14. The molecule has 1 fully saturated rings. The zero-order chi connectivity index (χ0) is 26.7. The number of fused-ring (bicyclic) bond motifs is 1. The number of carbonyl (C=O) groups excluding carboxylic acids is 1. The van der Waals surface area contributed by atoms with Crippen LogP contribution in [0.2, 0.25) is 0 Å². The lowest BCUT2D eigenvalue weighted by molar-refractivity contribution is 0.00989. The topological polar surface area (TPSA) is 120 Å². The number of aliphatic hydroxyl groups is 1. The first kappa shape index (κ1) is 26.9. The number of nitrogens with one attached hydrogen (secondary N) is 2. The van der Waals surface area contributed by atoms with E-state index in [4.69, 9.17) is 9.47 Å². The molecule has 2 aliphatic heterocycles. The third-order valence-electron chi connectivity index (χ3n) is 6.33. The van der Waals surface area contributed by atoms with Gasteiger partial charge in [-0.05, 0) is 55.3 Å². The van der Waals surface area contributed by atoms with Crippen LogP contribution in [0.4, 0.5) is 14.9 Å². The van der Waals surface area contributed by atoms with Gasteiger partial charge in [-0.3, -0.25) is 9.62 Å². The van der Waals surface area contributed by atoms with E-state index in [1.807, 2.05) is 0 Å². The number of amides is 1. The van der Waals surface area contributed by atoms with E-state index in [2.05, 4.69) is 14.3 Å². The summed E-state index contributed by atoms with van der Waals surface area (Å²) in [6, 6.07) is 9.37. The van der Waals surface area contributed by atoms with Crippen molar-refractivity contribution in [2.45, 2.75) is 25.6 Å². The lowest BCUT2D eigenvalue weighted by atomic mass is 9.91. The van der Waals surface area contributed by atoms with E-state index < -0.39 is 28.4 Å². The lowest BCUT2D eigenvalue weighted by Gasteiger charge is -2.31. The van der Waals surface area contributed by atoms with Gasteiger partial charge in [0.05, 0.1) is 5.69 Å². The number of hydrogen-bond acceptors (Lipinski definition) is 7. The molecule has 12 heteroatoms. The van der Waals surface area contributed by atoms with Gasteiger partial charge in [-0.2, -0.15) is 8.42 Å². The molecule has 0 bridgehead atoms. The number of benzene rings is 2. The maximum atomic E-state index is 15.3. The minimum Gasteiger partial charge on any atom is -0.460 e. The first-order valence-corrected chi connectivity index (χ1v) is 13.4. The highest BCUT2D eigenvalue weighted by Crippen LogP contribution is 2.40. The van der Waals surface area contributed by atoms with Gasteiger partial charge in [0, 0.05) is 51.3 Å². The van der Waals surface area contributed by atoms with Crippen molar-refractivity contribution in [3.05, 3.63) is 58.9 Å². The predicted octanol–water partition coefficient (Wildman–Crippen LogP) is 2.57. The summed E-state index contributed by atoms with van der Waals surface area (Å²) in [6.45, 7) is 2.32. The molecule has 2 aliphatic rings. The van der Waals surface area contributed by atoms with E-state index in [1.165, 1.54) is 18.0 Å². The summed E-state index contributed by atoms with van der Waals surface area (Å²) in [5.41, 5.74) is 1.98. The van der Waals surface area contributed by atoms with Crippen molar-refractivity contribution < 1.29 is 32.2 Å². The maximum absolute atomic E-state index is 15.3. The third kappa shape index (κ3) is 6.21. The van der Waals surface area contributed by atoms with Crippen LogP contribution >= 0.6 is 0 Å². The van der Waals surface area contributed by atoms with Crippen molar-refractivity contribution >= 4 is 27.6 Å². The zero-order valence-corrected chi connectivity index (χ0v) is 21.8. The van der Waals surface area contributed by atoms with Gasteiger partial charge in [-0.1, -0.05) is 12.1 Å². The average molecular weight is 535 g/mol. The van der Waals surface area contributed by atoms with Crippen LogP contribution < -0.4 is 18.9 Å². The molecule has 2 heterocycles. The maximum Gasteiger partial charge on any atom is 0.414 e. The Balaban J connectivity index is 1.72. The molecule has 0 aromatic heterocycles. The van der Waals surface area contributed by atoms with Crippen molar-refractivity contribution in [2.24, 2.45) is 0 Å². The Kier molecular flexibility index (Phi) is 8.02. The molecular weight excluding hydrogens is 503 g/mol. The van der Waals surface area contributed by atoms with Gasteiger partial charge in [0.1, 0.15) is 11.5 Å². The molecule has 37 heavy (non-hydrogen) atoms. The second kappa shape index (κ2) is 11.1. The molecule has 2 aromatic carbocycles. The van der Waals surface area contributed by atoms with Crippen molar-refractivity contribution in [1.29, 1.82) is 0 Å². The van der Waals surface area contributed by atoms with Crippen LogP contribution in [0.3, 0.4) is 0 Å². The van der Waals surface area contributed by atoms with Gasteiger partial charge >= 0.3 is 6.09 Å². The molecule has 0 radical (unpaired) electrons. The fourth-order valence-corrected chi connectivity index (χ4v) is 4.91. The Hall–Kier alpha value is -3.19. The SMILES string of the molecule is CNS(=O)(=O)Nc1cccc(CC2=C(CN3CCCC3)c3ccc(OC(=O)N(C)C)cc3OC2O)c1F. The van der Waals surface area contributed by atoms with E-state index in [9.17, 15) is 18.3 Å². The van der Waals surface area contributed by atoms with Crippen LogP contribution in [-0.4, -0.2) is 76.5 Å². The second-order valence-corrected chi connectivity index (χ2v) is 10.8. The molecular formula is C25H31FN4O6S. The fraction of sp³-hybridized carbons (Fsp3) is 0.400. The molecule has 1 saturated heterocycles. The third-order valence-corrected chi connectivity index (χ3v) is 7.35. The van der Waals surface area contributed by atoms with Gasteiger partial charge in [-0.25, -0.2) is 13.9 Å². The summed E-state index contributed by atoms with van der Waals surface area (Å²) in [7, 11) is 0.453. The Morgan fingerprint density at radius 3 is 2.65 bits per heavy atom. The normalized spacial score (nSPS) is 17.8. The highest BCUT2D eigenvalue weighted by atomic mass is 32.2. The van der Waals surface area contributed by atoms with E-state index >= 15 is 4.39 Å². The first-order chi connectivity index (χ1) is 17.6. The molecule has 1 unspecified atom stereocenters. The minimum atomic E-state index is -3.91. The van der Waals surface area contributed by atoms with Crippen LogP contribution in [0.15, 0.2) is 42.0 Å². The van der Waals surface area contributed by atoms with Gasteiger partial charge in [0.25, 0.3) is 10.2 Å². The van der Waals surface area contributed by atoms with E-state index in [1.54, 1.807) is 44.4 Å². The molecule has 0 saturated carbocycles. The Bertz CT molecular complexity index is 1310. The van der Waals surface area contributed by atoms with Crippen molar-refractivity contribution in [3.63, 3.8) is 0 Å². The number of aliphatic hydroxyl groups excluding tert-OH is 1. The van der Waals surface area contributed by atoms with Gasteiger partial charge < -0.3 is 19.5 Å². The van der Waals surface area contributed by atoms with Crippen molar-refractivity contribution in [2.75, 3.05) is 45.5 Å². The number of nitrogens with zero attached hydrogens (tertiary/aromatic N) is 2. The molecule has 0 spiro atoms. The van der Waals surface area contributed by atoms with Crippen LogP contribution in [0.1, 0.15) is 24.0 Å². The zero-order valence-electron chi connectivity index (χ0n) is 21.0. The standard InChI is InChI=1S/C25H31FN4O6S/c1-27-37(33,34)28-21-8-6-7-16(23(21)26)13-19-20(15-30-11-4-5-12-30)18-10-9-17(35-25(32)29(2)3)14-22(18)36-24(19)31/h6-10,14,24,27-28,31H,4-5,11-13,15H2,1-3H3. The summed E-state index contributed by atoms with van der Waals surface area (Å²) < 4.78 is 54.5. The molecule has 3 N–H and O–H groups in total. The largest absolute Gasteiger partial charge is 0.460 e. The molecule has 1 amide bonds. The van der Waals surface area contributed by atoms with Gasteiger partial charge in [-0.15, -0.1) is 0 Å². The van der Waals surface area contributed by atoms with Gasteiger partial charge in [0.2, 0.25) is 6.29 Å². The quantitative estimate of drug-likeness (QED) is 0.476. The molecule has 4 rings (SSSR count). The summed E-state index contributed by atoms with van der Waals surface area (Å²) in [6.07, 6.45) is 0.213. The minimum absolute atomic E-state index is 0.00208. The monoisotopic (exact) mass is 534 g/mol. The number of hydrogen-bond donors (Lipinski definition) is 3. The number of carbonyl (C=O) groups is 1. The van der Waals surface area contributed by atoms with Crippen LogP contribution in [0.5, 0.6) is 11.5 Å². The smallest absolute Gasteiger partial charge is 0.414 e. The van der Waals surface area contributed by atoms with Gasteiger partial charge in [0.15, 0.2) is 5.82 Å².